The number of esters is 2. The van der Waals surface area contributed by atoms with E-state index < -0.39 is 26.5 Å². The maximum absolute atomic E-state index is 12.9. The zero-order valence-electron chi connectivity index (χ0n) is 63.6. The minimum absolute atomic E-state index is 0.0313. The molecule has 0 bridgehead atoms. The number of nitrogens with zero attached hydrogens (tertiary/aromatic N) is 1. The van der Waals surface area contributed by atoms with Gasteiger partial charge < -0.3 is 18.9 Å². The minimum Gasteiger partial charge on any atom is -0.462 e. The van der Waals surface area contributed by atoms with Crippen molar-refractivity contribution >= 4 is 19.8 Å². The van der Waals surface area contributed by atoms with Crippen LogP contribution in [0, 0.1) is 0 Å². The average Bonchev–Trinajstić information content (AvgIpc) is 2.54. The third kappa shape index (κ3) is 79.7. The lowest BCUT2D eigenvalue weighted by Crippen LogP contribution is -2.37. The maximum Gasteiger partial charge on any atom is 0.472 e. The first kappa shape index (κ1) is 92.7. The van der Waals surface area contributed by atoms with E-state index in [9.17, 15) is 19.0 Å². The molecule has 0 aromatic heterocycles. The second kappa shape index (κ2) is 75.9. The summed E-state index contributed by atoms with van der Waals surface area (Å²) in [4.78, 5) is 36.0. The zero-order valence-corrected chi connectivity index (χ0v) is 64.5. The van der Waals surface area contributed by atoms with Crippen molar-refractivity contribution in [3.8, 4) is 0 Å². The summed E-state index contributed by atoms with van der Waals surface area (Å²) in [7, 11) is 1.49. The zero-order chi connectivity index (χ0) is 69.7. The monoisotopic (exact) mass is 1360 g/mol. The van der Waals surface area contributed by atoms with Crippen LogP contribution in [0.1, 0.15) is 373 Å². The highest BCUT2D eigenvalue weighted by molar-refractivity contribution is 7.47. The predicted molar refractivity (Wildman–Crippen MR) is 418 cm³/mol. The van der Waals surface area contributed by atoms with Gasteiger partial charge in [0.05, 0.1) is 27.7 Å². The Morgan fingerprint density at radius 2 is 0.594 bits per heavy atom. The van der Waals surface area contributed by atoms with Gasteiger partial charge in [0.25, 0.3) is 0 Å². The number of unbranched alkanes of at least 4 members (excludes halogenated alkanes) is 43. The van der Waals surface area contributed by atoms with E-state index in [1.807, 2.05) is 21.1 Å². The molecule has 0 aliphatic heterocycles. The minimum atomic E-state index is -4.40. The smallest absolute Gasteiger partial charge is 0.462 e. The molecule has 2 unspecified atom stereocenters. The molecule has 0 fully saturated rings. The Morgan fingerprint density at radius 1 is 0.333 bits per heavy atom. The number of carbonyl (C=O) groups is 2. The summed E-state index contributed by atoms with van der Waals surface area (Å²) in [5, 5.41) is 0. The van der Waals surface area contributed by atoms with Crippen LogP contribution in [0.4, 0.5) is 0 Å². The Hall–Kier alpha value is -3.33. The van der Waals surface area contributed by atoms with Gasteiger partial charge in [0.1, 0.15) is 19.8 Å². The van der Waals surface area contributed by atoms with Gasteiger partial charge in [-0.15, -0.1) is 0 Å². The molecule has 0 saturated heterocycles. The van der Waals surface area contributed by atoms with Crippen LogP contribution in [0.5, 0.6) is 0 Å². The van der Waals surface area contributed by atoms with E-state index in [1.165, 1.54) is 257 Å². The third-order valence-corrected chi connectivity index (χ3v) is 18.8. The number of allylic oxidation sites excluding steroid dienone is 18. The Morgan fingerprint density at radius 3 is 0.885 bits per heavy atom. The number of hydrogen-bond donors (Lipinski definition) is 1. The van der Waals surface area contributed by atoms with Gasteiger partial charge in [-0.1, -0.05) is 367 Å². The topological polar surface area (TPSA) is 108 Å². The number of likely N-dealkylation sites (N-methyl/N-ethyl adjacent to an activating group) is 1. The first-order chi connectivity index (χ1) is 47.0. The molecule has 0 spiro atoms. The Kier molecular flexibility index (Phi) is 73.2. The van der Waals surface area contributed by atoms with Crippen LogP contribution >= 0.6 is 7.82 Å². The van der Waals surface area contributed by atoms with Crippen molar-refractivity contribution in [1.29, 1.82) is 0 Å². The Bertz CT molecular complexity index is 1990. The van der Waals surface area contributed by atoms with E-state index in [0.717, 1.165) is 83.5 Å². The number of hydrogen-bond acceptors (Lipinski definition) is 7. The van der Waals surface area contributed by atoms with Crippen LogP contribution in [-0.2, 0) is 32.7 Å². The molecule has 96 heavy (non-hydrogen) atoms. The Balaban J connectivity index is 3.94. The van der Waals surface area contributed by atoms with Crippen LogP contribution in [-0.4, -0.2) is 74.9 Å². The summed E-state index contributed by atoms with van der Waals surface area (Å²) >= 11 is 0. The van der Waals surface area contributed by atoms with Gasteiger partial charge in [0.2, 0.25) is 0 Å². The standard InChI is InChI=1S/C86H154NO8P/c1-6-8-10-12-14-16-18-20-22-24-26-28-30-32-34-36-38-39-40-41-42-43-44-45-46-47-49-51-53-55-57-59-61-63-65-67-69-71-73-75-77-79-86(89)95-84(83-94-96(90,91)93-81-80-87(3,4)5)82-92-85(88)78-76-74-72-70-68-66-64-62-60-58-56-54-52-50-48-37-35-33-31-29-27-25-23-21-19-17-15-13-11-9-7-2/h8,10,14,16,19-22,25-28,32,34,38-39,41-42,84H,6-7,9,11-13,15,17-18,23-24,29-31,33,35-37,40,43-83H2,1-5H3/p+1/b10-8-,16-14-,21-19-,22-20-,27-25-,28-26-,34-32-,39-38-,42-41-. The molecular weight excluding hydrogens is 1210 g/mol. The number of ether oxygens (including phenoxy) is 2. The van der Waals surface area contributed by atoms with Crippen LogP contribution in [0.25, 0.3) is 0 Å². The molecule has 0 rings (SSSR count). The second-order valence-corrected chi connectivity index (χ2v) is 29.9. The van der Waals surface area contributed by atoms with E-state index >= 15 is 0 Å². The largest absolute Gasteiger partial charge is 0.472 e. The summed E-state index contributed by atoms with van der Waals surface area (Å²) in [5.74, 6) is -0.781. The third-order valence-electron chi connectivity index (χ3n) is 17.8. The van der Waals surface area contributed by atoms with E-state index in [2.05, 4.69) is 123 Å². The lowest BCUT2D eigenvalue weighted by molar-refractivity contribution is -0.870. The van der Waals surface area contributed by atoms with E-state index in [-0.39, 0.29) is 25.6 Å². The molecule has 0 aromatic carbocycles. The number of phosphoric acid groups is 1. The number of carbonyl (C=O) groups excluding carboxylic acids is 2. The van der Waals surface area contributed by atoms with Crippen molar-refractivity contribution in [2.24, 2.45) is 0 Å². The molecule has 0 saturated carbocycles. The van der Waals surface area contributed by atoms with Crippen molar-refractivity contribution in [3.63, 3.8) is 0 Å². The first-order valence-electron chi connectivity index (χ1n) is 40.6. The van der Waals surface area contributed by atoms with Gasteiger partial charge in [-0.3, -0.25) is 18.6 Å². The molecule has 556 valence electrons. The SMILES string of the molecule is CC/C=C\C/C=C\C/C=C\C/C=C\C/C=C\C/C=C\C/C=C\CCCCCCCCCCCCCCCCCCCCCC(=O)OC(COC(=O)CCCCCCCCCCCCCCCCCCCCC/C=C\C/C=C\CCCCCCC)COP(=O)(O)OCC[N+](C)(C)C. The molecule has 9 nitrogen and oxygen atoms in total. The van der Waals surface area contributed by atoms with Crippen molar-refractivity contribution in [3.05, 3.63) is 109 Å². The predicted octanol–water partition coefficient (Wildman–Crippen LogP) is 27.2. The van der Waals surface area contributed by atoms with Crippen molar-refractivity contribution in [1.82, 2.24) is 0 Å². The lowest BCUT2D eigenvalue weighted by Gasteiger charge is -2.24. The van der Waals surface area contributed by atoms with Gasteiger partial charge in [-0.05, 0) is 103 Å². The van der Waals surface area contributed by atoms with E-state index in [1.54, 1.807) is 0 Å². The fourth-order valence-corrected chi connectivity index (χ4v) is 12.4. The highest BCUT2D eigenvalue weighted by Gasteiger charge is 2.27. The average molecular weight is 1360 g/mol. The van der Waals surface area contributed by atoms with Gasteiger partial charge in [-0.25, -0.2) is 4.57 Å². The molecule has 0 aliphatic carbocycles. The molecular formula is C86H155NO8P+. The molecule has 0 amide bonds. The summed E-state index contributed by atoms with van der Waals surface area (Å²) in [5.41, 5.74) is 0. The van der Waals surface area contributed by atoms with Gasteiger partial charge in [0, 0.05) is 12.8 Å². The highest BCUT2D eigenvalue weighted by atomic mass is 31.2. The van der Waals surface area contributed by atoms with E-state index in [0.29, 0.717) is 23.9 Å². The number of rotatable bonds is 75. The number of phosphoric ester groups is 1. The lowest BCUT2D eigenvalue weighted by atomic mass is 10.0. The van der Waals surface area contributed by atoms with Crippen LogP contribution < -0.4 is 0 Å². The van der Waals surface area contributed by atoms with Crippen molar-refractivity contribution in [2.45, 2.75) is 380 Å². The van der Waals surface area contributed by atoms with Crippen LogP contribution in [0.15, 0.2) is 109 Å². The molecule has 0 heterocycles. The molecule has 0 aromatic rings. The molecule has 1 N–H and O–H groups in total. The van der Waals surface area contributed by atoms with Crippen LogP contribution in [0.3, 0.4) is 0 Å². The van der Waals surface area contributed by atoms with Crippen LogP contribution in [0.2, 0.25) is 0 Å². The normalized spacial score (nSPS) is 13.6. The molecule has 0 aliphatic rings. The van der Waals surface area contributed by atoms with Gasteiger partial charge in [0.15, 0.2) is 6.10 Å². The molecule has 0 radical (unpaired) electrons. The summed E-state index contributed by atoms with van der Waals surface area (Å²) in [6, 6.07) is 0. The second-order valence-electron chi connectivity index (χ2n) is 28.4. The Labute approximate surface area is 595 Å². The van der Waals surface area contributed by atoms with Gasteiger partial charge >= 0.3 is 19.8 Å². The summed E-state index contributed by atoms with van der Waals surface area (Å²) in [6.45, 7) is 4.36. The van der Waals surface area contributed by atoms with Crippen molar-refractivity contribution < 1.29 is 42.1 Å². The van der Waals surface area contributed by atoms with Crippen molar-refractivity contribution in [2.75, 3.05) is 47.5 Å². The fourth-order valence-electron chi connectivity index (χ4n) is 11.6. The maximum atomic E-state index is 12.9. The van der Waals surface area contributed by atoms with Gasteiger partial charge in [-0.2, -0.15) is 0 Å². The molecule has 10 heteroatoms. The fraction of sp³-hybridized carbons (Fsp3) is 0.767. The quantitative estimate of drug-likeness (QED) is 0.0211. The summed E-state index contributed by atoms with van der Waals surface area (Å²) in [6.07, 6.45) is 108. The number of quaternary nitrogens is 1. The van der Waals surface area contributed by atoms with E-state index in [4.69, 9.17) is 18.5 Å². The molecule has 2 atom stereocenters. The summed E-state index contributed by atoms with van der Waals surface area (Å²) < 4.78 is 34.8. The highest BCUT2D eigenvalue weighted by Crippen LogP contribution is 2.43. The first-order valence-corrected chi connectivity index (χ1v) is 42.1.